The molecule has 0 saturated heterocycles. The lowest BCUT2D eigenvalue weighted by Crippen LogP contribution is -2.32. The largest absolute Gasteiger partial charge is 0.493 e. The summed E-state index contributed by atoms with van der Waals surface area (Å²) in [4.78, 5) is 15.1. The van der Waals surface area contributed by atoms with Gasteiger partial charge in [0.1, 0.15) is 0 Å². The number of nitrogens with one attached hydrogen (secondary N) is 2. The van der Waals surface area contributed by atoms with Crippen molar-refractivity contribution in [2.24, 2.45) is 0 Å². The molecule has 4 aromatic rings. The third kappa shape index (κ3) is 6.08. The summed E-state index contributed by atoms with van der Waals surface area (Å²) in [6.45, 7) is 0.886. The smallest absolute Gasteiger partial charge is 0.267 e. The molecule has 0 aliphatic rings. The van der Waals surface area contributed by atoms with Crippen LogP contribution in [0.4, 0.5) is 0 Å². The van der Waals surface area contributed by atoms with E-state index in [1.807, 2.05) is 53.0 Å². The van der Waals surface area contributed by atoms with E-state index in [2.05, 4.69) is 16.9 Å². The van der Waals surface area contributed by atoms with Crippen LogP contribution in [0, 0.1) is 0 Å². The Bertz CT molecular complexity index is 1540. The van der Waals surface area contributed by atoms with Gasteiger partial charge in [0.2, 0.25) is 0 Å². The zero-order chi connectivity index (χ0) is 27.1. The summed E-state index contributed by atoms with van der Waals surface area (Å²) in [6.07, 6.45) is 5.50. The Morgan fingerprint density at radius 3 is 2.53 bits per heavy atom. The van der Waals surface area contributed by atoms with Crippen molar-refractivity contribution in [3.8, 4) is 11.5 Å². The molecule has 0 bridgehead atoms. The number of ether oxygens (including phenoxy) is 2. The SMILES string of the molecule is C=S(=O)(c1ccc(OC)c(OC)c1)N(CCc1c[nH]c2ccccc12)Cc1ccc(/C=C/C(=O)NO)cc1. The van der Waals surface area contributed by atoms with Crippen molar-refractivity contribution < 1.29 is 23.7 Å². The third-order valence-electron chi connectivity index (χ3n) is 6.32. The van der Waals surface area contributed by atoms with Gasteiger partial charge in [0.15, 0.2) is 11.5 Å². The van der Waals surface area contributed by atoms with E-state index < -0.39 is 15.6 Å². The van der Waals surface area contributed by atoms with Gasteiger partial charge in [-0.25, -0.2) is 14.0 Å². The minimum Gasteiger partial charge on any atom is -0.493 e. The fourth-order valence-electron chi connectivity index (χ4n) is 4.23. The maximum Gasteiger partial charge on any atom is 0.267 e. The highest BCUT2D eigenvalue weighted by Gasteiger charge is 2.21. The second kappa shape index (κ2) is 12.0. The first-order chi connectivity index (χ1) is 18.3. The van der Waals surface area contributed by atoms with Gasteiger partial charge < -0.3 is 14.5 Å². The number of fused-ring (bicyclic) bond motifs is 1. The summed E-state index contributed by atoms with van der Waals surface area (Å²) in [5, 5.41) is 9.80. The average molecular weight is 534 g/mol. The number of hydrogen-bond donors (Lipinski definition) is 3. The molecule has 38 heavy (non-hydrogen) atoms. The molecule has 8 nitrogen and oxygen atoms in total. The van der Waals surface area contributed by atoms with Crippen molar-refractivity contribution >= 4 is 38.5 Å². The number of amides is 1. The highest BCUT2D eigenvalue weighted by Crippen LogP contribution is 2.31. The van der Waals surface area contributed by atoms with E-state index in [0.717, 1.165) is 27.6 Å². The number of hydroxylamine groups is 1. The number of methoxy groups -OCH3 is 2. The van der Waals surface area contributed by atoms with Gasteiger partial charge >= 0.3 is 0 Å². The molecular weight excluding hydrogens is 502 g/mol. The lowest BCUT2D eigenvalue weighted by Gasteiger charge is -2.27. The summed E-state index contributed by atoms with van der Waals surface area (Å²) in [7, 11) is 0.195. The van der Waals surface area contributed by atoms with E-state index >= 15 is 0 Å². The molecule has 0 saturated carbocycles. The molecule has 1 heterocycles. The van der Waals surface area contributed by atoms with Gasteiger partial charge in [-0.2, -0.15) is 0 Å². The summed E-state index contributed by atoms with van der Waals surface area (Å²) >= 11 is 0. The lowest BCUT2D eigenvalue weighted by atomic mass is 10.1. The maximum atomic E-state index is 14.3. The van der Waals surface area contributed by atoms with Crippen molar-refractivity contribution in [3.05, 3.63) is 95.7 Å². The van der Waals surface area contributed by atoms with Crippen molar-refractivity contribution in [1.82, 2.24) is 14.8 Å². The standard InChI is InChI=1S/C29H31N3O5S/c1-36-27-14-13-24(18-28(27)37-2)38(3,35)32(17-16-23-19-30-26-7-5-4-6-25(23)26)20-22-10-8-21(9-11-22)12-15-29(33)31-34/h4-15,18-19,30,34H,3,16-17,20H2,1-2H3,(H,31,33)/b15-12+. The van der Waals surface area contributed by atoms with Gasteiger partial charge in [-0.15, -0.1) is 0 Å². The van der Waals surface area contributed by atoms with Crippen molar-refractivity contribution in [1.29, 1.82) is 0 Å². The predicted octanol–water partition coefficient (Wildman–Crippen LogP) is 4.44. The van der Waals surface area contributed by atoms with E-state index in [0.29, 0.717) is 35.9 Å². The maximum absolute atomic E-state index is 14.3. The van der Waals surface area contributed by atoms with Crippen molar-refractivity contribution in [2.45, 2.75) is 17.9 Å². The Hall–Kier alpha value is -4.05. The van der Waals surface area contributed by atoms with E-state index in [1.54, 1.807) is 44.0 Å². The first-order valence-corrected chi connectivity index (χ1v) is 13.6. The van der Waals surface area contributed by atoms with E-state index in [4.69, 9.17) is 14.7 Å². The molecule has 4 rings (SSSR count). The van der Waals surface area contributed by atoms with Gasteiger partial charge in [-0.1, -0.05) is 42.5 Å². The minimum atomic E-state index is -2.91. The van der Waals surface area contributed by atoms with Crippen LogP contribution in [0.15, 0.2) is 83.9 Å². The predicted molar refractivity (Wildman–Crippen MR) is 151 cm³/mol. The summed E-state index contributed by atoms with van der Waals surface area (Å²) in [5.41, 5.74) is 5.48. The molecule has 3 N–H and O–H groups in total. The monoisotopic (exact) mass is 533 g/mol. The normalized spacial score (nSPS) is 13.1. The van der Waals surface area contributed by atoms with Crippen LogP contribution in [0.5, 0.6) is 11.5 Å². The molecule has 0 aliphatic carbocycles. The second-order valence-electron chi connectivity index (χ2n) is 8.68. The number of carbonyl (C=O) groups excluding carboxylic acids is 1. The van der Waals surface area contributed by atoms with E-state index in [1.165, 1.54) is 6.08 Å². The molecule has 0 fully saturated rings. The van der Waals surface area contributed by atoms with Crippen molar-refractivity contribution in [2.75, 3.05) is 20.8 Å². The fraction of sp³-hybridized carbons (Fsp3) is 0.172. The second-order valence-corrected chi connectivity index (χ2v) is 10.9. The van der Waals surface area contributed by atoms with Crippen LogP contribution in [0.1, 0.15) is 16.7 Å². The number of para-hydroxylation sites is 1. The number of nitrogens with zero attached hydrogens (tertiary/aromatic N) is 1. The summed E-state index contributed by atoms with van der Waals surface area (Å²) in [6, 6.07) is 20.9. The van der Waals surface area contributed by atoms with Crippen LogP contribution in [-0.4, -0.2) is 51.2 Å². The Morgan fingerprint density at radius 1 is 1.08 bits per heavy atom. The third-order valence-corrected chi connectivity index (χ3v) is 8.46. The molecule has 1 unspecified atom stereocenters. The quantitative estimate of drug-likeness (QED) is 0.114. The van der Waals surface area contributed by atoms with Crippen LogP contribution < -0.4 is 15.0 Å². The number of benzene rings is 3. The zero-order valence-electron chi connectivity index (χ0n) is 21.3. The summed E-state index contributed by atoms with van der Waals surface area (Å²) in [5.74, 6) is 4.61. The van der Waals surface area contributed by atoms with Crippen LogP contribution in [0.25, 0.3) is 17.0 Å². The molecule has 9 heteroatoms. The highest BCUT2D eigenvalue weighted by molar-refractivity contribution is 7.98. The Kier molecular flexibility index (Phi) is 8.52. The molecule has 3 aromatic carbocycles. The highest BCUT2D eigenvalue weighted by atomic mass is 32.2. The first kappa shape index (κ1) is 27.0. The topological polar surface area (TPSA) is 104 Å². The molecule has 0 spiro atoms. The van der Waals surface area contributed by atoms with Gasteiger partial charge in [0, 0.05) is 47.2 Å². The van der Waals surface area contributed by atoms with Gasteiger partial charge in [-0.05, 0) is 53.3 Å². The molecule has 1 amide bonds. The first-order valence-electron chi connectivity index (χ1n) is 12.0. The van der Waals surface area contributed by atoms with Gasteiger partial charge in [0.25, 0.3) is 5.91 Å². The molecule has 0 aliphatic heterocycles. The molecule has 0 radical (unpaired) electrons. The number of aromatic amines is 1. The summed E-state index contributed by atoms with van der Waals surface area (Å²) < 4.78 is 27.0. The van der Waals surface area contributed by atoms with Crippen LogP contribution in [0.3, 0.4) is 0 Å². The van der Waals surface area contributed by atoms with Crippen LogP contribution in [-0.2, 0) is 27.5 Å². The molecule has 198 valence electrons. The number of H-pyrrole nitrogens is 1. The number of aromatic nitrogens is 1. The van der Waals surface area contributed by atoms with Crippen molar-refractivity contribution in [3.63, 3.8) is 0 Å². The average Bonchev–Trinajstić information content (AvgIpc) is 3.37. The van der Waals surface area contributed by atoms with Crippen LogP contribution >= 0.6 is 0 Å². The minimum absolute atomic E-state index is 0.389. The number of carbonyl (C=O) groups is 1. The molecular formula is C29H31N3O5S. The molecule has 1 aromatic heterocycles. The Morgan fingerprint density at radius 2 is 1.82 bits per heavy atom. The number of hydrogen-bond acceptors (Lipinski definition) is 5. The lowest BCUT2D eigenvalue weighted by molar-refractivity contribution is -0.124. The van der Waals surface area contributed by atoms with Crippen LogP contribution in [0.2, 0.25) is 0 Å². The number of rotatable bonds is 11. The van der Waals surface area contributed by atoms with E-state index in [-0.39, 0.29) is 0 Å². The van der Waals surface area contributed by atoms with E-state index in [9.17, 15) is 9.00 Å². The molecule has 1 atom stereocenters. The van der Waals surface area contributed by atoms with Gasteiger partial charge in [0.05, 0.1) is 23.9 Å². The van der Waals surface area contributed by atoms with Gasteiger partial charge in [-0.3, -0.25) is 10.0 Å². The zero-order valence-corrected chi connectivity index (χ0v) is 22.2. The Balaban J connectivity index is 1.63. The Labute approximate surface area is 222 Å². The fourth-order valence-corrected chi connectivity index (χ4v) is 5.84.